The van der Waals surface area contributed by atoms with Crippen molar-refractivity contribution in [3.05, 3.63) is 11.9 Å². The lowest BCUT2D eigenvalue weighted by molar-refractivity contribution is 0.650. The average molecular weight is 190 g/mol. The Morgan fingerprint density at radius 3 is 1.75 bits per heavy atom. The molecule has 0 atom stereocenters. The molecule has 12 heavy (non-hydrogen) atoms. The third-order valence-electron chi connectivity index (χ3n) is 1.86. The van der Waals surface area contributed by atoms with Gasteiger partial charge in [-0.15, -0.1) is 0 Å². The zero-order chi connectivity index (χ0) is 8.53. The number of allylic oxidation sites excluding steroid dienone is 1. The molecular formula is C10H23FSi. The summed E-state index contributed by atoms with van der Waals surface area (Å²) in [5.41, 5.74) is 0.994. The van der Waals surface area contributed by atoms with E-state index in [1.807, 2.05) is 0 Å². The second kappa shape index (κ2) is 10.9. The molecule has 0 heterocycles. The zero-order valence-corrected chi connectivity index (χ0v) is 7.70. The molecule has 0 nitrogen and oxygen atoms in total. The Labute approximate surface area is 80.3 Å². The first kappa shape index (κ1) is 14.4. The second-order valence-corrected chi connectivity index (χ2v) is 2.97. The van der Waals surface area contributed by atoms with Crippen molar-refractivity contribution >= 4 is 11.0 Å². The van der Waals surface area contributed by atoms with E-state index in [1.165, 1.54) is 0 Å². The van der Waals surface area contributed by atoms with Crippen molar-refractivity contribution < 1.29 is 4.39 Å². The lowest BCUT2D eigenvalue weighted by Gasteiger charge is -2.02. The van der Waals surface area contributed by atoms with Crippen LogP contribution in [0.4, 0.5) is 4.39 Å². The maximum atomic E-state index is 12.1. The van der Waals surface area contributed by atoms with Crippen molar-refractivity contribution in [2.45, 2.75) is 52.4 Å². The second-order valence-electron chi connectivity index (χ2n) is 2.97. The van der Waals surface area contributed by atoms with Crippen molar-refractivity contribution in [1.29, 1.82) is 0 Å². The Balaban J connectivity index is 0. The number of hydrogen-bond donors (Lipinski definition) is 0. The number of halogens is 1. The minimum atomic E-state index is 0. The van der Waals surface area contributed by atoms with Gasteiger partial charge in [0, 0.05) is 0 Å². The summed E-state index contributed by atoms with van der Waals surface area (Å²) in [5, 5.41) is 0. The summed E-state index contributed by atoms with van der Waals surface area (Å²) in [6.45, 7) is 4.27. The molecule has 0 fully saturated rings. The fraction of sp³-hybridized carbons (Fsp3) is 0.800. The molecule has 0 amide bonds. The summed E-state index contributed by atoms with van der Waals surface area (Å²) < 4.78 is 12.1. The first-order valence-electron chi connectivity index (χ1n) is 4.63. The van der Waals surface area contributed by atoms with E-state index in [-0.39, 0.29) is 11.0 Å². The van der Waals surface area contributed by atoms with Crippen LogP contribution < -0.4 is 0 Å². The molecular weight excluding hydrogens is 167 g/mol. The van der Waals surface area contributed by atoms with E-state index in [0.29, 0.717) is 0 Å². The normalized spacial score (nSPS) is 8.92. The Morgan fingerprint density at radius 1 is 1.08 bits per heavy atom. The third-order valence-corrected chi connectivity index (χ3v) is 1.86. The van der Waals surface area contributed by atoms with E-state index >= 15 is 0 Å². The maximum absolute atomic E-state index is 12.1. The van der Waals surface area contributed by atoms with Crippen molar-refractivity contribution in [3.63, 3.8) is 0 Å². The fourth-order valence-electron chi connectivity index (χ4n) is 1.04. The van der Waals surface area contributed by atoms with Gasteiger partial charge in [0.2, 0.25) is 0 Å². The van der Waals surface area contributed by atoms with E-state index in [2.05, 4.69) is 13.8 Å². The predicted molar refractivity (Wildman–Crippen MR) is 59.6 cm³/mol. The molecule has 0 aliphatic heterocycles. The summed E-state index contributed by atoms with van der Waals surface area (Å²) in [6.07, 6.45) is 7.26. The van der Waals surface area contributed by atoms with Gasteiger partial charge in [0.05, 0.1) is 6.33 Å². The summed E-state index contributed by atoms with van der Waals surface area (Å²) >= 11 is 0. The Kier molecular flexibility index (Phi) is 13.1. The number of rotatable bonds is 6. The Morgan fingerprint density at radius 2 is 1.50 bits per heavy atom. The van der Waals surface area contributed by atoms with Gasteiger partial charge in [-0.1, -0.05) is 26.7 Å². The van der Waals surface area contributed by atoms with E-state index in [9.17, 15) is 4.39 Å². The summed E-state index contributed by atoms with van der Waals surface area (Å²) in [7, 11) is 0. The molecule has 0 aromatic carbocycles. The van der Waals surface area contributed by atoms with Gasteiger partial charge in [-0.25, -0.2) is 4.39 Å². The van der Waals surface area contributed by atoms with Crippen molar-refractivity contribution in [1.82, 2.24) is 0 Å². The van der Waals surface area contributed by atoms with Crippen molar-refractivity contribution in [2.24, 2.45) is 0 Å². The highest BCUT2D eigenvalue weighted by Gasteiger charge is 1.95. The lowest BCUT2D eigenvalue weighted by Crippen LogP contribution is -1.83. The van der Waals surface area contributed by atoms with Crippen LogP contribution in [0.2, 0.25) is 0 Å². The fourth-order valence-corrected chi connectivity index (χ4v) is 1.04. The van der Waals surface area contributed by atoms with Crippen molar-refractivity contribution in [3.8, 4) is 0 Å². The standard InChI is InChI=1S/C10H19F.H4Si/c1-3-5-7-10(9-11)8-6-4-2;/h9H,3-8H2,1-2H3;1H4. The van der Waals surface area contributed by atoms with Crippen LogP contribution in [0.25, 0.3) is 0 Å². The molecule has 0 aliphatic carbocycles. The maximum Gasteiger partial charge on any atom is 0.0858 e. The molecule has 74 valence electrons. The minimum absolute atomic E-state index is 0. The van der Waals surface area contributed by atoms with Gasteiger partial charge in [0.1, 0.15) is 0 Å². The van der Waals surface area contributed by atoms with Crippen LogP contribution in [-0.4, -0.2) is 11.0 Å². The minimum Gasteiger partial charge on any atom is -0.216 e. The molecule has 2 heteroatoms. The van der Waals surface area contributed by atoms with Gasteiger partial charge in [-0.05, 0) is 42.2 Å². The van der Waals surface area contributed by atoms with Crippen LogP contribution in [0, 0.1) is 0 Å². The first-order valence-corrected chi connectivity index (χ1v) is 4.63. The van der Waals surface area contributed by atoms with Gasteiger partial charge in [0.25, 0.3) is 0 Å². The average Bonchev–Trinajstić information content (AvgIpc) is 2.05. The van der Waals surface area contributed by atoms with Crippen LogP contribution >= 0.6 is 0 Å². The molecule has 0 saturated heterocycles. The van der Waals surface area contributed by atoms with Crippen LogP contribution in [0.5, 0.6) is 0 Å². The Hall–Kier alpha value is -0.113. The molecule has 0 rings (SSSR count). The molecule has 0 aromatic rings. The molecule has 0 bridgehead atoms. The van der Waals surface area contributed by atoms with E-state index in [1.54, 1.807) is 0 Å². The molecule has 0 radical (unpaired) electrons. The highest BCUT2D eigenvalue weighted by molar-refractivity contribution is 5.75. The number of hydrogen-bond acceptors (Lipinski definition) is 0. The van der Waals surface area contributed by atoms with Gasteiger partial charge >= 0.3 is 0 Å². The molecule has 0 unspecified atom stereocenters. The number of unbranched alkanes of at least 4 members (excludes halogenated alkanes) is 2. The van der Waals surface area contributed by atoms with E-state index < -0.39 is 0 Å². The highest BCUT2D eigenvalue weighted by Crippen LogP contribution is 2.14. The smallest absolute Gasteiger partial charge is 0.0858 e. The monoisotopic (exact) mass is 190 g/mol. The van der Waals surface area contributed by atoms with Gasteiger partial charge in [-0.2, -0.15) is 0 Å². The van der Waals surface area contributed by atoms with Crippen LogP contribution in [0.1, 0.15) is 52.4 Å². The molecule has 0 aliphatic rings. The molecule has 0 spiro atoms. The quantitative estimate of drug-likeness (QED) is 0.565. The highest BCUT2D eigenvalue weighted by atomic mass is 28.1. The first-order chi connectivity index (χ1) is 5.35. The van der Waals surface area contributed by atoms with Gasteiger partial charge < -0.3 is 0 Å². The van der Waals surface area contributed by atoms with Crippen LogP contribution in [-0.2, 0) is 0 Å². The Bertz CT molecular complexity index is 100. The topological polar surface area (TPSA) is 0 Å². The van der Waals surface area contributed by atoms with E-state index in [0.717, 1.165) is 50.4 Å². The van der Waals surface area contributed by atoms with Crippen LogP contribution in [0.15, 0.2) is 11.9 Å². The van der Waals surface area contributed by atoms with Gasteiger partial charge in [-0.3, -0.25) is 0 Å². The summed E-state index contributed by atoms with van der Waals surface area (Å²) in [4.78, 5) is 0. The molecule has 0 N–H and O–H groups in total. The molecule has 0 saturated carbocycles. The zero-order valence-electron chi connectivity index (χ0n) is 7.70. The summed E-state index contributed by atoms with van der Waals surface area (Å²) in [6, 6.07) is 0. The molecule has 0 aromatic heterocycles. The summed E-state index contributed by atoms with van der Waals surface area (Å²) in [5.74, 6) is 0. The predicted octanol–water partition coefficient (Wildman–Crippen LogP) is 2.77. The van der Waals surface area contributed by atoms with Crippen molar-refractivity contribution in [2.75, 3.05) is 0 Å². The van der Waals surface area contributed by atoms with Crippen LogP contribution in [0.3, 0.4) is 0 Å². The van der Waals surface area contributed by atoms with Gasteiger partial charge in [0.15, 0.2) is 0 Å². The lowest BCUT2D eigenvalue weighted by atomic mass is 10.0. The van der Waals surface area contributed by atoms with E-state index in [4.69, 9.17) is 0 Å². The SMILES string of the molecule is CCCCC(=CF)CCCC.[SiH4]. The third kappa shape index (κ3) is 7.99. The largest absolute Gasteiger partial charge is 0.216 e.